The number of nitrogens with one attached hydrogen (secondary N) is 2. The second-order valence-corrected chi connectivity index (χ2v) is 4.36. The fraction of sp³-hybridized carbons (Fsp3) is 0.133. The molecule has 20 heavy (non-hydrogen) atoms. The van der Waals surface area contributed by atoms with Crippen LogP contribution < -0.4 is 10.6 Å². The molecule has 2 amide bonds. The van der Waals surface area contributed by atoms with Crippen LogP contribution in [0.1, 0.15) is 11.1 Å². The van der Waals surface area contributed by atoms with Crippen LogP contribution in [-0.2, 0) is 6.54 Å². The Morgan fingerprint density at radius 1 is 1.15 bits per heavy atom. The second-order valence-electron chi connectivity index (χ2n) is 4.36. The Kier molecular flexibility index (Phi) is 4.30. The first kappa shape index (κ1) is 14.0. The van der Waals surface area contributed by atoms with E-state index in [2.05, 4.69) is 10.6 Å². The molecule has 0 saturated carbocycles. The van der Waals surface area contributed by atoms with Crippen molar-refractivity contribution in [3.63, 3.8) is 0 Å². The molecule has 0 bridgehead atoms. The van der Waals surface area contributed by atoms with Gasteiger partial charge in [0.2, 0.25) is 0 Å². The van der Waals surface area contributed by atoms with Crippen molar-refractivity contribution in [2.45, 2.75) is 13.5 Å². The lowest BCUT2D eigenvalue weighted by molar-refractivity contribution is 0.251. The number of rotatable bonds is 3. The van der Waals surface area contributed by atoms with Gasteiger partial charge >= 0.3 is 6.03 Å². The Labute approximate surface area is 115 Å². The SMILES string of the molecule is Cc1ccccc1CNC(=O)Nc1cc(F)ccc1F. The lowest BCUT2D eigenvalue weighted by Gasteiger charge is -2.10. The third-order valence-electron chi connectivity index (χ3n) is 2.88. The van der Waals surface area contributed by atoms with Crippen LogP contribution in [0.15, 0.2) is 42.5 Å². The fourth-order valence-corrected chi connectivity index (χ4v) is 1.74. The van der Waals surface area contributed by atoms with Crippen LogP contribution in [0.25, 0.3) is 0 Å². The molecule has 3 nitrogen and oxygen atoms in total. The zero-order valence-electron chi connectivity index (χ0n) is 10.9. The van der Waals surface area contributed by atoms with E-state index in [4.69, 9.17) is 0 Å². The molecule has 0 aliphatic heterocycles. The van der Waals surface area contributed by atoms with Gasteiger partial charge in [0, 0.05) is 12.6 Å². The van der Waals surface area contributed by atoms with E-state index < -0.39 is 17.7 Å². The molecule has 104 valence electrons. The van der Waals surface area contributed by atoms with Crippen molar-refractivity contribution in [1.82, 2.24) is 5.32 Å². The van der Waals surface area contributed by atoms with Gasteiger partial charge in [-0.25, -0.2) is 13.6 Å². The number of anilines is 1. The summed E-state index contributed by atoms with van der Waals surface area (Å²) in [5, 5.41) is 4.87. The van der Waals surface area contributed by atoms with Crippen LogP contribution in [0.2, 0.25) is 0 Å². The Bertz CT molecular complexity index is 629. The van der Waals surface area contributed by atoms with Gasteiger partial charge in [-0.2, -0.15) is 0 Å². The first-order valence-electron chi connectivity index (χ1n) is 6.10. The quantitative estimate of drug-likeness (QED) is 0.883. The van der Waals surface area contributed by atoms with Crippen molar-refractivity contribution in [3.05, 3.63) is 65.2 Å². The van der Waals surface area contributed by atoms with Gasteiger partial charge in [-0.3, -0.25) is 0 Å². The van der Waals surface area contributed by atoms with Crippen LogP contribution >= 0.6 is 0 Å². The summed E-state index contributed by atoms with van der Waals surface area (Å²) in [5.74, 6) is -1.29. The number of amides is 2. The van der Waals surface area contributed by atoms with E-state index in [9.17, 15) is 13.6 Å². The largest absolute Gasteiger partial charge is 0.334 e. The molecule has 0 saturated heterocycles. The van der Waals surface area contributed by atoms with Crippen LogP contribution in [0, 0.1) is 18.6 Å². The average molecular weight is 276 g/mol. The molecule has 2 rings (SSSR count). The summed E-state index contributed by atoms with van der Waals surface area (Å²) in [4.78, 5) is 11.6. The van der Waals surface area contributed by atoms with E-state index in [0.29, 0.717) is 6.54 Å². The molecule has 0 unspecified atom stereocenters. The van der Waals surface area contributed by atoms with Crippen molar-refractivity contribution in [3.8, 4) is 0 Å². The maximum Gasteiger partial charge on any atom is 0.319 e. The highest BCUT2D eigenvalue weighted by molar-refractivity contribution is 5.89. The minimum absolute atomic E-state index is 0.188. The van der Waals surface area contributed by atoms with Gasteiger partial charge in [0.15, 0.2) is 0 Å². The molecule has 0 atom stereocenters. The van der Waals surface area contributed by atoms with Crippen molar-refractivity contribution in [2.24, 2.45) is 0 Å². The van der Waals surface area contributed by atoms with Gasteiger partial charge in [0.25, 0.3) is 0 Å². The number of halogens is 2. The minimum Gasteiger partial charge on any atom is -0.334 e. The summed E-state index contributed by atoms with van der Waals surface area (Å²) >= 11 is 0. The molecule has 0 heterocycles. The topological polar surface area (TPSA) is 41.1 Å². The molecule has 0 spiro atoms. The molecule has 2 aromatic rings. The van der Waals surface area contributed by atoms with Gasteiger partial charge in [-0.05, 0) is 30.2 Å². The highest BCUT2D eigenvalue weighted by Crippen LogP contribution is 2.15. The molecule has 2 aromatic carbocycles. The van der Waals surface area contributed by atoms with Crippen molar-refractivity contribution in [2.75, 3.05) is 5.32 Å². The summed E-state index contributed by atoms with van der Waals surface area (Å²) in [7, 11) is 0. The Hall–Kier alpha value is -2.43. The molecule has 0 aliphatic rings. The molecular formula is C15H14F2N2O. The highest BCUT2D eigenvalue weighted by Gasteiger charge is 2.08. The van der Waals surface area contributed by atoms with Crippen LogP contribution in [0.4, 0.5) is 19.3 Å². The van der Waals surface area contributed by atoms with Gasteiger partial charge in [-0.15, -0.1) is 0 Å². The lowest BCUT2D eigenvalue weighted by Crippen LogP contribution is -2.28. The van der Waals surface area contributed by atoms with E-state index in [-0.39, 0.29) is 5.69 Å². The van der Waals surface area contributed by atoms with Gasteiger partial charge in [0.05, 0.1) is 5.69 Å². The third-order valence-corrected chi connectivity index (χ3v) is 2.88. The first-order chi connectivity index (χ1) is 9.56. The number of carbonyl (C=O) groups excluding carboxylic acids is 1. The zero-order valence-corrected chi connectivity index (χ0v) is 10.9. The highest BCUT2D eigenvalue weighted by atomic mass is 19.1. The Morgan fingerprint density at radius 2 is 1.90 bits per heavy atom. The molecular weight excluding hydrogens is 262 g/mol. The fourth-order valence-electron chi connectivity index (χ4n) is 1.74. The van der Waals surface area contributed by atoms with Crippen molar-refractivity contribution >= 4 is 11.7 Å². The number of aryl methyl sites for hydroxylation is 1. The maximum atomic E-state index is 13.3. The number of benzene rings is 2. The van der Waals surface area contributed by atoms with Gasteiger partial charge in [0.1, 0.15) is 11.6 Å². The van der Waals surface area contributed by atoms with E-state index in [1.54, 1.807) is 0 Å². The molecule has 2 N–H and O–H groups in total. The monoisotopic (exact) mass is 276 g/mol. The third kappa shape index (κ3) is 3.54. The predicted molar refractivity (Wildman–Crippen MR) is 73.4 cm³/mol. The summed E-state index contributed by atoms with van der Waals surface area (Å²) in [6.45, 7) is 2.25. The number of carbonyl (C=O) groups is 1. The van der Waals surface area contributed by atoms with E-state index in [1.807, 2.05) is 31.2 Å². The maximum absolute atomic E-state index is 13.3. The van der Waals surface area contributed by atoms with Gasteiger partial charge in [-0.1, -0.05) is 24.3 Å². The normalized spacial score (nSPS) is 10.2. The molecule has 5 heteroatoms. The van der Waals surface area contributed by atoms with Crippen molar-refractivity contribution < 1.29 is 13.6 Å². The van der Waals surface area contributed by atoms with E-state index in [0.717, 1.165) is 29.3 Å². The zero-order chi connectivity index (χ0) is 14.5. The van der Waals surface area contributed by atoms with Crippen LogP contribution in [0.3, 0.4) is 0 Å². The van der Waals surface area contributed by atoms with Gasteiger partial charge < -0.3 is 10.6 Å². The minimum atomic E-state index is -0.683. The molecule has 0 fully saturated rings. The number of urea groups is 1. The standard InChI is InChI=1S/C15H14F2N2O/c1-10-4-2-3-5-11(10)9-18-15(20)19-14-8-12(16)6-7-13(14)17/h2-8H,9H2,1H3,(H2,18,19,20). The summed E-state index contributed by atoms with van der Waals surface area (Å²) in [6.07, 6.45) is 0. The molecule has 0 radical (unpaired) electrons. The Morgan fingerprint density at radius 3 is 2.65 bits per heavy atom. The molecule has 0 aliphatic carbocycles. The summed E-state index contributed by atoms with van der Waals surface area (Å²) in [5.41, 5.74) is 1.82. The first-order valence-corrected chi connectivity index (χ1v) is 6.10. The van der Waals surface area contributed by atoms with E-state index >= 15 is 0 Å². The number of hydrogen-bond donors (Lipinski definition) is 2. The lowest BCUT2D eigenvalue weighted by atomic mass is 10.1. The van der Waals surface area contributed by atoms with Crippen LogP contribution in [0.5, 0.6) is 0 Å². The summed E-state index contributed by atoms with van der Waals surface area (Å²) in [6, 6.07) is 9.90. The van der Waals surface area contributed by atoms with E-state index in [1.165, 1.54) is 0 Å². The number of hydrogen-bond acceptors (Lipinski definition) is 1. The molecule has 0 aromatic heterocycles. The van der Waals surface area contributed by atoms with Crippen LogP contribution in [-0.4, -0.2) is 6.03 Å². The average Bonchev–Trinajstić information content (AvgIpc) is 2.42. The smallest absolute Gasteiger partial charge is 0.319 e. The Balaban J connectivity index is 1.96. The second kappa shape index (κ2) is 6.14. The summed E-state index contributed by atoms with van der Waals surface area (Å²) < 4.78 is 26.3. The van der Waals surface area contributed by atoms with Crippen molar-refractivity contribution in [1.29, 1.82) is 0 Å². The predicted octanol–water partition coefficient (Wildman–Crippen LogP) is 3.59.